The van der Waals surface area contributed by atoms with E-state index in [1.807, 2.05) is 0 Å². The van der Waals surface area contributed by atoms with Crippen molar-refractivity contribution in [3.05, 3.63) is 0 Å². The van der Waals surface area contributed by atoms with Gasteiger partial charge >= 0.3 is 0 Å². The minimum absolute atomic E-state index is 0.477. The molecule has 5 heteroatoms. The molecular weight excluding hydrogens is 294 g/mol. The van der Waals surface area contributed by atoms with Gasteiger partial charge in [-0.25, -0.2) is 0 Å². The summed E-state index contributed by atoms with van der Waals surface area (Å²) >= 11 is 5.68. The Balaban J connectivity index is 1.20. The Hall–Kier alpha value is -0.390. The number of thiocarbonyl (C=S) groups is 1. The summed E-state index contributed by atoms with van der Waals surface area (Å²) in [4.78, 5) is 4.93. The number of nitrogens with one attached hydrogen (secondary N) is 1. The van der Waals surface area contributed by atoms with Crippen LogP contribution in [0, 0.1) is 11.8 Å². The van der Waals surface area contributed by atoms with Crippen molar-refractivity contribution in [2.24, 2.45) is 11.8 Å². The number of hydrogen-bond donors (Lipinski definition) is 1. The van der Waals surface area contributed by atoms with Crippen molar-refractivity contribution < 1.29 is 4.74 Å². The van der Waals surface area contributed by atoms with E-state index in [0.717, 1.165) is 56.3 Å². The second-order valence-corrected chi connectivity index (χ2v) is 8.04. The lowest BCUT2D eigenvalue weighted by molar-refractivity contribution is 0.0601. The number of rotatable bonds is 3. The number of fused-ring (bicyclic) bond motifs is 2. The van der Waals surface area contributed by atoms with Crippen LogP contribution >= 0.6 is 12.2 Å². The van der Waals surface area contributed by atoms with Gasteiger partial charge in [-0.2, -0.15) is 0 Å². The van der Waals surface area contributed by atoms with Crippen molar-refractivity contribution in [2.45, 2.75) is 50.7 Å². The molecule has 1 N–H and O–H groups in total. The van der Waals surface area contributed by atoms with E-state index >= 15 is 0 Å². The lowest BCUT2D eigenvalue weighted by Gasteiger charge is -2.38. The van der Waals surface area contributed by atoms with Crippen molar-refractivity contribution in [1.82, 2.24) is 15.1 Å². The molecule has 4 rings (SSSR count). The third kappa shape index (κ3) is 3.26. The molecule has 0 amide bonds. The van der Waals surface area contributed by atoms with Gasteiger partial charge in [-0.05, 0) is 56.2 Å². The fourth-order valence-electron chi connectivity index (χ4n) is 4.88. The van der Waals surface area contributed by atoms with Crippen LogP contribution in [0.25, 0.3) is 0 Å². The molecule has 0 spiro atoms. The third-order valence-corrected chi connectivity index (χ3v) is 6.57. The van der Waals surface area contributed by atoms with Crippen LogP contribution in [0.4, 0.5) is 0 Å². The summed E-state index contributed by atoms with van der Waals surface area (Å²) < 4.78 is 5.75. The van der Waals surface area contributed by atoms with Crippen LogP contribution in [-0.2, 0) is 4.74 Å². The maximum absolute atomic E-state index is 5.75. The molecule has 2 saturated carbocycles. The first-order chi connectivity index (χ1) is 10.8. The van der Waals surface area contributed by atoms with Crippen LogP contribution in [0.2, 0.25) is 0 Å². The summed E-state index contributed by atoms with van der Waals surface area (Å²) in [6.07, 6.45) is 8.62. The SMILES string of the molecule is S=C(N[C@@H]1C[C@H]2CC[C@H]1C2)N1CCN(C[C@H]2CCCO2)CC1. The minimum atomic E-state index is 0.477. The molecule has 4 aliphatic rings. The number of hydrogen-bond acceptors (Lipinski definition) is 3. The first kappa shape index (κ1) is 15.2. The smallest absolute Gasteiger partial charge is 0.169 e. The van der Waals surface area contributed by atoms with E-state index in [2.05, 4.69) is 15.1 Å². The quantitative estimate of drug-likeness (QED) is 0.800. The van der Waals surface area contributed by atoms with Gasteiger partial charge in [0, 0.05) is 45.4 Å². The Labute approximate surface area is 139 Å². The molecule has 2 bridgehead atoms. The largest absolute Gasteiger partial charge is 0.377 e. The molecule has 0 radical (unpaired) electrons. The van der Waals surface area contributed by atoms with E-state index in [-0.39, 0.29) is 0 Å². The topological polar surface area (TPSA) is 27.7 Å². The summed E-state index contributed by atoms with van der Waals surface area (Å²) in [6, 6.07) is 0.663. The van der Waals surface area contributed by atoms with Crippen LogP contribution in [0.5, 0.6) is 0 Å². The zero-order valence-electron chi connectivity index (χ0n) is 13.5. The Morgan fingerprint density at radius 2 is 1.95 bits per heavy atom. The Morgan fingerprint density at radius 1 is 1.09 bits per heavy atom. The molecule has 0 aromatic carbocycles. The molecule has 4 nitrogen and oxygen atoms in total. The Bertz CT molecular complexity index is 405. The molecule has 124 valence electrons. The predicted molar refractivity (Wildman–Crippen MR) is 92.0 cm³/mol. The molecule has 4 fully saturated rings. The first-order valence-corrected chi connectivity index (χ1v) is 9.58. The molecule has 0 aromatic heterocycles. The molecule has 0 unspecified atom stereocenters. The van der Waals surface area contributed by atoms with E-state index in [1.54, 1.807) is 0 Å². The average molecular weight is 324 g/mol. The van der Waals surface area contributed by atoms with Crippen molar-refractivity contribution in [2.75, 3.05) is 39.3 Å². The van der Waals surface area contributed by atoms with Crippen molar-refractivity contribution in [3.8, 4) is 0 Å². The van der Waals surface area contributed by atoms with E-state index in [4.69, 9.17) is 17.0 Å². The molecular formula is C17H29N3OS. The highest BCUT2D eigenvalue weighted by Crippen LogP contribution is 2.44. The summed E-state index contributed by atoms with van der Waals surface area (Å²) in [5.41, 5.74) is 0. The van der Waals surface area contributed by atoms with Gasteiger partial charge in [-0.1, -0.05) is 6.42 Å². The molecule has 2 aliphatic heterocycles. The third-order valence-electron chi connectivity index (χ3n) is 6.19. The molecule has 4 atom stereocenters. The van der Waals surface area contributed by atoms with Gasteiger partial charge in [0.2, 0.25) is 0 Å². The molecule has 2 saturated heterocycles. The molecule has 22 heavy (non-hydrogen) atoms. The second kappa shape index (κ2) is 6.62. The predicted octanol–water partition coefficient (Wildman–Crippen LogP) is 1.85. The second-order valence-electron chi connectivity index (χ2n) is 7.65. The van der Waals surface area contributed by atoms with Crippen molar-refractivity contribution in [3.63, 3.8) is 0 Å². The maximum Gasteiger partial charge on any atom is 0.169 e. The normalized spacial score (nSPS) is 38.6. The lowest BCUT2D eigenvalue weighted by atomic mass is 9.95. The number of ether oxygens (including phenoxy) is 1. The summed E-state index contributed by atoms with van der Waals surface area (Å²) in [7, 11) is 0. The standard InChI is InChI=1S/C17H29N3OS/c22-17(18-16-11-13-3-4-14(16)10-13)20-7-5-19(6-8-20)12-15-2-1-9-21-15/h13-16H,1-12H2,(H,18,22)/t13-,14-,15+,16+/m0/s1. The van der Waals surface area contributed by atoms with Gasteiger partial charge in [0.25, 0.3) is 0 Å². The van der Waals surface area contributed by atoms with E-state index in [9.17, 15) is 0 Å². The summed E-state index contributed by atoms with van der Waals surface area (Å²) in [5.74, 6) is 1.87. The van der Waals surface area contributed by atoms with Crippen LogP contribution < -0.4 is 5.32 Å². The van der Waals surface area contributed by atoms with Gasteiger partial charge < -0.3 is 15.0 Å². The number of nitrogens with zero attached hydrogens (tertiary/aromatic N) is 2. The zero-order chi connectivity index (χ0) is 14.9. The molecule has 2 aliphatic carbocycles. The fourth-order valence-corrected chi connectivity index (χ4v) is 5.22. The highest BCUT2D eigenvalue weighted by Gasteiger charge is 2.40. The number of piperazine rings is 1. The summed E-state index contributed by atoms with van der Waals surface area (Å²) in [6.45, 7) is 6.46. The monoisotopic (exact) mass is 323 g/mol. The van der Waals surface area contributed by atoms with Gasteiger partial charge in [0.1, 0.15) is 0 Å². The molecule has 0 aromatic rings. The van der Waals surface area contributed by atoms with Crippen LogP contribution in [-0.4, -0.2) is 66.4 Å². The van der Waals surface area contributed by atoms with Crippen molar-refractivity contribution in [1.29, 1.82) is 0 Å². The Kier molecular flexibility index (Phi) is 4.56. The van der Waals surface area contributed by atoms with Gasteiger partial charge in [0.15, 0.2) is 5.11 Å². The van der Waals surface area contributed by atoms with Crippen LogP contribution in [0.3, 0.4) is 0 Å². The minimum Gasteiger partial charge on any atom is -0.377 e. The van der Waals surface area contributed by atoms with Gasteiger partial charge in [-0.3, -0.25) is 4.90 Å². The van der Waals surface area contributed by atoms with E-state index in [0.29, 0.717) is 12.1 Å². The van der Waals surface area contributed by atoms with Crippen molar-refractivity contribution >= 4 is 17.3 Å². The Morgan fingerprint density at radius 3 is 2.59 bits per heavy atom. The van der Waals surface area contributed by atoms with Crippen LogP contribution in [0.15, 0.2) is 0 Å². The highest BCUT2D eigenvalue weighted by atomic mass is 32.1. The van der Waals surface area contributed by atoms with E-state index in [1.165, 1.54) is 38.5 Å². The van der Waals surface area contributed by atoms with Gasteiger partial charge in [0.05, 0.1) is 6.10 Å². The zero-order valence-corrected chi connectivity index (χ0v) is 14.3. The highest BCUT2D eigenvalue weighted by molar-refractivity contribution is 7.80. The molecule has 2 heterocycles. The first-order valence-electron chi connectivity index (χ1n) is 9.17. The van der Waals surface area contributed by atoms with Gasteiger partial charge in [-0.15, -0.1) is 0 Å². The van der Waals surface area contributed by atoms with Crippen LogP contribution in [0.1, 0.15) is 38.5 Å². The fraction of sp³-hybridized carbons (Fsp3) is 0.941. The van der Waals surface area contributed by atoms with E-state index < -0.39 is 0 Å². The average Bonchev–Trinajstić information content (AvgIpc) is 3.25. The summed E-state index contributed by atoms with van der Waals surface area (Å²) in [5, 5.41) is 4.69. The maximum atomic E-state index is 5.75. The lowest BCUT2D eigenvalue weighted by Crippen LogP contribution is -2.54.